The number of benzene rings is 1. The third-order valence-corrected chi connectivity index (χ3v) is 5.25. The van der Waals surface area contributed by atoms with Crippen LogP contribution in [0.2, 0.25) is 0 Å². The zero-order valence-corrected chi connectivity index (χ0v) is 13.6. The summed E-state index contributed by atoms with van der Waals surface area (Å²) in [6.45, 7) is 3.75. The molecule has 0 bridgehead atoms. The number of rotatable bonds is 3. The van der Waals surface area contributed by atoms with Gasteiger partial charge in [0.15, 0.2) is 5.78 Å². The van der Waals surface area contributed by atoms with Crippen LogP contribution in [0.15, 0.2) is 35.7 Å². The summed E-state index contributed by atoms with van der Waals surface area (Å²) in [5.41, 5.74) is 3.15. The van der Waals surface area contributed by atoms with E-state index in [4.69, 9.17) is 0 Å². The Balaban J connectivity index is 1.80. The average molecular weight is 313 g/mol. The van der Waals surface area contributed by atoms with Gasteiger partial charge in [0.1, 0.15) is 0 Å². The van der Waals surface area contributed by atoms with Crippen LogP contribution in [0.5, 0.6) is 0 Å². The molecule has 1 heterocycles. The fraction of sp³-hybridized carbons (Fsp3) is 0.333. The highest BCUT2D eigenvalue weighted by molar-refractivity contribution is 7.12. The Morgan fingerprint density at radius 2 is 1.91 bits per heavy atom. The summed E-state index contributed by atoms with van der Waals surface area (Å²) < 4.78 is 0. The van der Waals surface area contributed by atoms with E-state index in [0.717, 1.165) is 12.8 Å². The van der Waals surface area contributed by atoms with E-state index in [0.29, 0.717) is 16.4 Å². The summed E-state index contributed by atoms with van der Waals surface area (Å²) >= 11 is 1.32. The van der Waals surface area contributed by atoms with Gasteiger partial charge in [0.05, 0.1) is 10.9 Å². The number of ketones is 1. The molecule has 1 amide bonds. The molecule has 2 atom stereocenters. The standard InChI is InChI=1S/C18H19NO2S/c1-11-7-8-16(15-6-4-3-5-14(11)15)19-18(21)17-9-13(10-22-17)12(2)20/h3-6,9-11,16H,7-8H2,1-2H3,(H,19,21). The summed E-state index contributed by atoms with van der Waals surface area (Å²) in [5, 5.41) is 4.87. The zero-order valence-electron chi connectivity index (χ0n) is 12.8. The first-order valence-electron chi connectivity index (χ1n) is 7.55. The van der Waals surface area contributed by atoms with Crippen molar-refractivity contribution >= 4 is 23.0 Å². The first-order valence-corrected chi connectivity index (χ1v) is 8.43. The van der Waals surface area contributed by atoms with Gasteiger partial charge >= 0.3 is 0 Å². The van der Waals surface area contributed by atoms with Crippen LogP contribution in [0.25, 0.3) is 0 Å². The second-order valence-corrected chi connectivity index (χ2v) is 6.80. The first-order chi connectivity index (χ1) is 10.6. The molecule has 2 aromatic rings. The SMILES string of the molecule is CC(=O)c1csc(C(=O)NC2CCC(C)c3ccccc32)c1. The normalized spacial score (nSPS) is 20.3. The van der Waals surface area contributed by atoms with Crippen LogP contribution < -0.4 is 5.32 Å². The van der Waals surface area contributed by atoms with E-state index in [9.17, 15) is 9.59 Å². The van der Waals surface area contributed by atoms with Gasteiger partial charge in [0.2, 0.25) is 0 Å². The van der Waals surface area contributed by atoms with Crippen molar-refractivity contribution in [3.8, 4) is 0 Å². The molecule has 1 aliphatic rings. The van der Waals surface area contributed by atoms with Crippen molar-refractivity contribution in [2.75, 3.05) is 0 Å². The first kappa shape index (κ1) is 15.0. The van der Waals surface area contributed by atoms with Crippen molar-refractivity contribution in [1.82, 2.24) is 5.32 Å². The van der Waals surface area contributed by atoms with E-state index in [1.807, 2.05) is 6.07 Å². The van der Waals surface area contributed by atoms with Crippen LogP contribution in [0.1, 0.15) is 69.8 Å². The minimum absolute atomic E-state index is 0.00728. The quantitative estimate of drug-likeness (QED) is 0.858. The minimum atomic E-state index is -0.0909. The van der Waals surface area contributed by atoms with Crippen LogP contribution in [0.3, 0.4) is 0 Å². The average Bonchev–Trinajstić information content (AvgIpc) is 3.01. The lowest BCUT2D eigenvalue weighted by Crippen LogP contribution is -2.31. The molecule has 4 heteroatoms. The maximum Gasteiger partial charge on any atom is 0.261 e. The van der Waals surface area contributed by atoms with Crippen molar-refractivity contribution in [2.24, 2.45) is 0 Å². The topological polar surface area (TPSA) is 46.2 Å². The third kappa shape index (κ3) is 2.83. The van der Waals surface area contributed by atoms with Gasteiger partial charge in [-0.05, 0) is 42.9 Å². The molecule has 3 nitrogen and oxygen atoms in total. The molecule has 0 saturated carbocycles. The van der Waals surface area contributed by atoms with E-state index in [2.05, 4.69) is 30.4 Å². The lowest BCUT2D eigenvalue weighted by Gasteiger charge is -2.30. The minimum Gasteiger partial charge on any atom is -0.345 e. The van der Waals surface area contributed by atoms with Gasteiger partial charge in [-0.1, -0.05) is 31.2 Å². The van der Waals surface area contributed by atoms with Crippen molar-refractivity contribution in [3.05, 3.63) is 57.3 Å². The fourth-order valence-electron chi connectivity index (χ4n) is 3.02. The Bertz CT molecular complexity index is 719. The summed E-state index contributed by atoms with van der Waals surface area (Å²) in [4.78, 5) is 24.4. The summed E-state index contributed by atoms with van der Waals surface area (Å²) in [7, 11) is 0. The molecule has 0 aliphatic heterocycles. The Morgan fingerprint density at radius 3 is 2.59 bits per heavy atom. The van der Waals surface area contributed by atoms with Gasteiger partial charge in [-0.15, -0.1) is 11.3 Å². The van der Waals surface area contributed by atoms with E-state index >= 15 is 0 Å². The monoisotopic (exact) mass is 313 g/mol. The maximum absolute atomic E-state index is 12.4. The second-order valence-electron chi connectivity index (χ2n) is 5.89. The molecule has 1 aliphatic carbocycles. The molecule has 0 saturated heterocycles. The largest absolute Gasteiger partial charge is 0.345 e. The molecule has 0 fully saturated rings. The molecule has 0 radical (unpaired) electrons. The third-order valence-electron chi connectivity index (χ3n) is 4.33. The number of amides is 1. The molecule has 1 N–H and O–H groups in total. The molecule has 1 aromatic heterocycles. The lowest BCUT2D eigenvalue weighted by atomic mass is 9.81. The molecular weight excluding hydrogens is 294 g/mol. The molecule has 3 rings (SSSR count). The number of fused-ring (bicyclic) bond motifs is 1. The van der Waals surface area contributed by atoms with E-state index in [1.54, 1.807) is 11.4 Å². The Morgan fingerprint density at radius 1 is 1.18 bits per heavy atom. The zero-order chi connectivity index (χ0) is 15.7. The highest BCUT2D eigenvalue weighted by Gasteiger charge is 2.26. The number of thiophene rings is 1. The molecule has 2 unspecified atom stereocenters. The molecule has 0 spiro atoms. The van der Waals surface area contributed by atoms with Gasteiger partial charge in [-0.25, -0.2) is 0 Å². The molecular formula is C18H19NO2S. The fourth-order valence-corrected chi connectivity index (χ4v) is 3.87. The predicted molar refractivity (Wildman–Crippen MR) is 88.6 cm³/mol. The van der Waals surface area contributed by atoms with E-state index in [1.165, 1.54) is 29.4 Å². The predicted octanol–water partition coefficient (Wildman–Crippen LogP) is 4.32. The van der Waals surface area contributed by atoms with Crippen LogP contribution in [-0.4, -0.2) is 11.7 Å². The summed E-state index contributed by atoms with van der Waals surface area (Å²) in [5.74, 6) is 0.439. The van der Waals surface area contributed by atoms with E-state index < -0.39 is 0 Å². The number of Topliss-reactive ketones (excluding diaryl/α,β-unsaturated/α-hetero) is 1. The van der Waals surface area contributed by atoms with E-state index in [-0.39, 0.29) is 17.7 Å². The number of carbonyl (C=O) groups excluding carboxylic acids is 2. The lowest BCUT2D eigenvalue weighted by molar-refractivity contribution is 0.0936. The Kier molecular flexibility index (Phi) is 4.12. The van der Waals surface area contributed by atoms with Crippen LogP contribution in [0, 0.1) is 0 Å². The molecule has 22 heavy (non-hydrogen) atoms. The Hall–Kier alpha value is -1.94. The van der Waals surface area contributed by atoms with Crippen LogP contribution in [0.4, 0.5) is 0 Å². The smallest absolute Gasteiger partial charge is 0.261 e. The number of carbonyl (C=O) groups is 2. The number of hydrogen-bond donors (Lipinski definition) is 1. The van der Waals surface area contributed by atoms with Gasteiger partial charge in [-0.3, -0.25) is 9.59 Å². The highest BCUT2D eigenvalue weighted by Crippen LogP contribution is 2.37. The van der Waals surface area contributed by atoms with Crippen LogP contribution >= 0.6 is 11.3 Å². The maximum atomic E-state index is 12.4. The second kappa shape index (κ2) is 6.05. The van der Waals surface area contributed by atoms with Gasteiger partial charge < -0.3 is 5.32 Å². The van der Waals surface area contributed by atoms with Gasteiger partial charge in [-0.2, -0.15) is 0 Å². The number of hydrogen-bond acceptors (Lipinski definition) is 3. The molecule has 1 aromatic carbocycles. The van der Waals surface area contributed by atoms with Crippen molar-refractivity contribution < 1.29 is 9.59 Å². The van der Waals surface area contributed by atoms with Gasteiger partial charge in [0, 0.05) is 10.9 Å². The van der Waals surface area contributed by atoms with Crippen LogP contribution in [-0.2, 0) is 0 Å². The highest BCUT2D eigenvalue weighted by atomic mass is 32.1. The van der Waals surface area contributed by atoms with Crippen molar-refractivity contribution in [2.45, 2.75) is 38.6 Å². The molecule has 114 valence electrons. The summed E-state index contributed by atoms with van der Waals surface area (Å²) in [6, 6.07) is 10.1. The Labute approximate surface area is 134 Å². The van der Waals surface area contributed by atoms with Gasteiger partial charge in [0.25, 0.3) is 5.91 Å². The summed E-state index contributed by atoms with van der Waals surface area (Å²) in [6.07, 6.45) is 2.03. The van der Waals surface area contributed by atoms with Crippen molar-refractivity contribution in [3.63, 3.8) is 0 Å². The number of nitrogens with one attached hydrogen (secondary N) is 1. The van der Waals surface area contributed by atoms with Crippen molar-refractivity contribution in [1.29, 1.82) is 0 Å².